The number of benzene rings is 1. The molecule has 21 heavy (non-hydrogen) atoms. The number of hydrogen-bond donors (Lipinski definition) is 1. The molecule has 0 bridgehead atoms. The Bertz CT molecular complexity index is 499. The number of rotatable bonds is 6. The zero-order valence-corrected chi connectivity index (χ0v) is 12.5. The van der Waals surface area contributed by atoms with Gasteiger partial charge >= 0.3 is 5.97 Å². The van der Waals surface area contributed by atoms with Crippen LogP contribution in [0.3, 0.4) is 0 Å². The van der Waals surface area contributed by atoms with Gasteiger partial charge in [-0.05, 0) is 49.1 Å². The van der Waals surface area contributed by atoms with E-state index in [4.69, 9.17) is 9.84 Å². The maximum absolute atomic E-state index is 10.5. The van der Waals surface area contributed by atoms with Gasteiger partial charge in [-0.25, -0.2) is 4.79 Å². The van der Waals surface area contributed by atoms with Crippen molar-refractivity contribution in [1.29, 1.82) is 0 Å². The second-order valence-corrected chi connectivity index (χ2v) is 5.64. The van der Waals surface area contributed by atoms with Crippen LogP contribution in [0.4, 0.5) is 0 Å². The molecule has 1 aliphatic rings. The molecule has 0 radical (unpaired) electrons. The van der Waals surface area contributed by atoms with Crippen molar-refractivity contribution in [1.82, 2.24) is 4.90 Å². The van der Waals surface area contributed by atoms with Crippen LogP contribution in [0.25, 0.3) is 6.08 Å². The Labute approximate surface area is 126 Å². The van der Waals surface area contributed by atoms with Crippen LogP contribution in [0.5, 0.6) is 5.75 Å². The Morgan fingerprint density at radius 3 is 3.14 bits per heavy atom. The molecule has 1 aromatic rings. The number of carboxylic acid groups (broad SMARTS) is 1. The molecular formula is C17H23NO3. The van der Waals surface area contributed by atoms with Crippen molar-refractivity contribution >= 4 is 12.0 Å². The molecule has 1 unspecified atom stereocenters. The van der Waals surface area contributed by atoms with Gasteiger partial charge in [0.05, 0.1) is 0 Å². The van der Waals surface area contributed by atoms with Gasteiger partial charge < -0.3 is 9.84 Å². The molecule has 1 aliphatic heterocycles. The maximum atomic E-state index is 10.5. The van der Waals surface area contributed by atoms with Gasteiger partial charge in [-0.2, -0.15) is 0 Å². The summed E-state index contributed by atoms with van der Waals surface area (Å²) < 4.78 is 5.77. The van der Waals surface area contributed by atoms with Crippen molar-refractivity contribution in [3.8, 4) is 5.75 Å². The van der Waals surface area contributed by atoms with E-state index in [9.17, 15) is 4.79 Å². The molecule has 4 heteroatoms. The summed E-state index contributed by atoms with van der Waals surface area (Å²) in [6, 6.07) is 7.49. The monoisotopic (exact) mass is 289 g/mol. The van der Waals surface area contributed by atoms with Gasteiger partial charge in [-0.15, -0.1) is 0 Å². The van der Waals surface area contributed by atoms with Crippen molar-refractivity contribution in [2.24, 2.45) is 5.92 Å². The first-order chi connectivity index (χ1) is 10.1. The third-order valence-electron chi connectivity index (χ3n) is 3.69. The molecule has 1 heterocycles. The van der Waals surface area contributed by atoms with Gasteiger partial charge in [0.15, 0.2) is 0 Å². The van der Waals surface area contributed by atoms with E-state index < -0.39 is 5.97 Å². The number of ether oxygens (including phenoxy) is 1. The van der Waals surface area contributed by atoms with Gasteiger partial charge in [-0.3, -0.25) is 4.90 Å². The van der Waals surface area contributed by atoms with E-state index in [0.717, 1.165) is 42.9 Å². The number of aliphatic carboxylic acids is 1. The quantitative estimate of drug-likeness (QED) is 0.818. The summed E-state index contributed by atoms with van der Waals surface area (Å²) in [5, 5.41) is 8.63. The Morgan fingerprint density at radius 1 is 1.52 bits per heavy atom. The standard InChI is InChI=1S/C17H23NO3/c1-14-4-3-9-18(13-14)10-11-21-16-6-2-5-15(12-16)7-8-17(19)20/h2,5-8,12,14H,3-4,9-11,13H2,1H3,(H,19,20)/b8-7+. The fourth-order valence-corrected chi connectivity index (χ4v) is 2.66. The maximum Gasteiger partial charge on any atom is 0.328 e. The minimum Gasteiger partial charge on any atom is -0.492 e. The summed E-state index contributed by atoms with van der Waals surface area (Å²) in [4.78, 5) is 13.0. The Kier molecular flexibility index (Phi) is 5.81. The highest BCUT2D eigenvalue weighted by Crippen LogP contribution is 2.16. The minimum atomic E-state index is -0.944. The Balaban J connectivity index is 1.80. The first-order valence-electron chi connectivity index (χ1n) is 7.50. The molecule has 1 saturated heterocycles. The summed E-state index contributed by atoms with van der Waals surface area (Å²) in [7, 11) is 0. The van der Waals surface area contributed by atoms with Crippen molar-refractivity contribution in [3.05, 3.63) is 35.9 Å². The molecule has 0 aliphatic carbocycles. The smallest absolute Gasteiger partial charge is 0.328 e. The normalized spacial score (nSPS) is 19.8. The first-order valence-corrected chi connectivity index (χ1v) is 7.50. The molecule has 0 saturated carbocycles. The summed E-state index contributed by atoms with van der Waals surface area (Å²) >= 11 is 0. The van der Waals surface area contributed by atoms with Gasteiger partial charge in [0, 0.05) is 19.2 Å². The summed E-state index contributed by atoms with van der Waals surface area (Å²) in [5.74, 6) is 0.622. The number of hydrogen-bond acceptors (Lipinski definition) is 3. The minimum absolute atomic E-state index is 0.665. The Morgan fingerprint density at radius 2 is 2.38 bits per heavy atom. The van der Waals surface area contributed by atoms with Crippen LogP contribution in [-0.2, 0) is 4.79 Å². The lowest BCUT2D eigenvalue weighted by molar-refractivity contribution is -0.131. The van der Waals surface area contributed by atoms with Crippen molar-refractivity contribution < 1.29 is 14.6 Å². The van der Waals surface area contributed by atoms with Crippen molar-refractivity contribution in [2.75, 3.05) is 26.2 Å². The molecule has 114 valence electrons. The molecule has 1 aromatic carbocycles. The largest absolute Gasteiger partial charge is 0.492 e. The zero-order chi connectivity index (χ0) is 15.1. The van der Waals surface area contributed by atoms with E-state index in [-0.39, 0.29) is 0 Å². The molecule has 0 aromatic heterocycles. The van der Waals surface area contributed by atoms with Gasteiger partial charge in [-0.1, -0.05) is 19.1 Å². The third-order valence-corrected chi connectivity index (χ3v) is 3.69. The molecule has 0 amide bonds. The first kappa shape index (κ1) is 15.6. The molecule has 0 spiro atoms. The van der Waals surface area contributed by atoms with Crippen LogP contribution in [0, 0.1) is 5.92 Å². The lowest BCUT2D eigenvalue weighted by Gasteiger charge is -2.30. The van der Waals surface area contributed by atoms with Crippen LogP contribution < -0.4 is 4.74 Å². The lowest BCUT2D eigenvalue weighted by Crippen LogP contribution is -2.37. The molecular weight excluding hydrogens is 266 g/mol. The second-order valence-electron chi connectivity index (χ2n) is 5.64. The van der Waals surface area contributed by atoms with Crippen LogP contribution >= 0.6 is 0 Å². The predicted octanol–water partition coefficient (Wildman–Crippen LogP) is 2.90. The van der Waals surface area contributed by atoms with Gasteiger partial charge in [0.2, 0.25) is 0 Å². The van der Waals surface area contributed by atoms with Crippen molar-refractivity contribution in [3.63, 3.8) is 0 Å². The molecule has 2 rings (SSSR count). The van der Waals surface area contributed by atoms with E-state index in [2.05, 4.69) is 11.8 Å². The predicted molar refractivity (Wildman–Crippen MR) is 83.4 cm³/mol. The molecule has 1 fully saturated rings. The highest BCUT2D eigenvalue weighted by molar-refractivity contribution is 5.85. The number of likely N-dealkylation sites (tertiary alicyclic amines) is 1. The van der Waals surface area contributed by atoms with Crippen LogP contribution in [0.1, 0.15) is 25.3 Å². The topological polar surface area (TPSA) is 49.8 Å². The van der Waals surface area contributed by atoms with E-state index in [1.807, 2.05) is 24.3 Å². The fourth-order valence-electron chi connectivity index (χ4n) is 2.66. The van der Waals surface area contributed by atoms with E-state index in [1.54, 1.807) is 6.08 Å². The fraction of sp³-hybridized carbons (Fsp3) is 0.471. The summed E-state index contributed by atoms with van der Waals surface area (Å²) in [5.41, 5.74) is 0.835. The molecule has 1 N–H and O–H groups in total. The molecule has 4 nitrogen and oxygen atoms in total. The van der Waals surface area contributed by atoms with Gasteiger partial charge in [0.25, 0.3) is 0 Å². The average Bonchev–Trinajstić information content (AvgIpc) is 2.46. The highest BCUT2D eigenvalue weighted by atomic mass is 16.5. The second kappa shape index (κ2) is 7.84. The van der Waals surface area contributed by atoms with Crippen molar-refractivity contribution in [2.45, 2.75) is 19.8 Å². The summed E-state index contributed by atoms with van der Waals surface area (Å²) in [6.07, 6.45) is 5.31. The number of piperidine rings is 1. The van der Waals surface area contributed by atoms with Crippen LogP contribution in [0.2, 0.25) is 0 Å². The third kappa shape index (κ3) is 5.60. The molecule has 1 atom stereocenters. The highest BCUT2D eigenvalue weighted by Gasteiger charge is 2.15. The van der Waals surface area contributed by atoms with Gasteiger partial charge in [0.1, 0.15) is 12.4 Å². The van der Waals surface area contributed by atoms with Crippen LogP contribution in [0.15, 0.2) is 30.3 Å². The number of carboxylic acids is 1. The van der Waals surface area contributed by atoms with E-state index in [0.29, 0.717) is 6.61 Å². The van der Waals surface area contributed by atoms with E-state index in [1.165, 1.54) is 12.8 Å². The summed E-state index contributed by atoms with van der Waals surface area (Å²) in [6.45, 7) is 6.23. The SMILES string of the molecule is CC1CCCN(CCOc2cccc(/C=C/C(=O)O)c2)C1. The van der Waals surface area contributed by atoms with Crippen LogP contribution in [-0.4, -0.2) is 42.2 Å². The zero-order valence-electron chi connectivity index (χ0n) is 12.5. The Hall–Kier alpha value is -1.81. The average molecular weight is 289 g/mol. The van der Waals surface area contributed by atoms with E-state index >= 15 is 0 Å². The lowest BCUT2D eigenvalue weighted by atomic mass is 10.0. The number of nitrogens with zero attached hydrogens (tertiary/aromatic N) is 1. The number of carbonyl (C=O) groups is 1.